The van der Waals surface area contributed by atoms with Gasteiger partial charge >= 0.3 is 0 Å². The van der Waals surface area contributed by atoms with Crippen molar-refractivity contribution in [2.24, 2.45) is 0 Å². The van der Waals surface area contributed by atoms with Crippen molar-refractivity contribution in [2.45, 2.75) is 10.8 Å². The summed E-state index contributed by atoms with van der Waals surface area (Å²) < 4.78 is 5.23. The second-order valence-electron chi connectivity index (χ2n) is 5.84. The van der Waals surface area contributed by atoms with Crippen molar-refractivity contribution in [1.82, 2.24) is 4.98 Å². The van der Waals surface area contributed by atoms with Crippen LogP contribution in [0.4, 0.5) is 5.82 Å². The smallest absolute Gasteiger partial charge is 0.143 e. The maximum atomic E-state index is 9.78. The van der Waals surface area contributed by atoms with Crippen LogP contribution in [0, 0.1) is 22.7 Å². The van der Waals surface area contributed by atoms with Crippen LogP contribution in [0.1, 0.15) is 16.7 Å². The Morgan fingerprint density at radius 3 is 2.46 bits per heavy atom. The number of hydrogen-bond acceptors (Lipinski definition) is 7. The first-order valence-electron chi connectivity index (χ1n) is 8.26. The van der Waals surface area contributed by atoms with E-state index in [2.05, 4.69) is 11.1 Å². The Balaban J connectivity index is 2.06. The lowest BCUT2D eigenvalue weighted by molar-refractivity contribution is 0.414. The number of anilines is 1. The van der Waals surface area contributed by atoms with Gasteiger partial charge in [-0.2, -0.15) is 10.5 Å². The zero-order chi connectivity index (χ0) is 20.1. The van der Waals surface area contributed by atoms with Crippen molar-refractivity contribution < 1.29 is 9.84 Å². The molecule has 0 saturated heterocycles. The average Bonchev–Trinajstić information content (AvgIpc) is 2.72. The number of rotatable bonds is 5. The number of nitriles is 2. The van der Waals surface area contributed by atoms with E-state index in [4.69, 9.17) is 10.5 Å². The summed E-state index contributed by atoms with van der Waals surface area (Å²) in [5.74, 6) is 1.46. The summed E-state index contributed by atoms with van der Waals surface area (Å²) in [6, 6.07) is 18.1. The third-order valence-electron chi connectivity index (χ3n) is 4.08. The fourth-order valence-corrected chi connectivity index (χ4v) is 3.67. The van der Waals surface area contributed by atoms with Gasteiger partial charge in [0, 0.05) is 11.3 Å². The van der Waals surface area contributed by atoms with E-state index in [9.17, 15) is 15.6 Å². The molecule has 138 valence electrons. The number of ether oxygens (including phenoxy) is 1. The number of nitrogens with zero attached hydrogens (tertiary/aromatic N) is 3. The summed E-state index contributed by atoms with van der Waals surface area (Å²) in [5, 5.41) is 29.3. The minimum atomic E-state index is 0.0673. The molecule has 3 rings (SSSR count). The summed E-state index contributed by atoms with van der Waals surface area (Å²) in [6.45, 7) is 0. The van der Waals surface area contributed by atoms with E-state index in [1.165, 1.54) is 23.9 Å². The molecule has 1 aromatic heterocycles. The van der Waals surface area contributed by atoms with E-state index in [0.29, 0.717) is 21.9 Å². The number of nitrogens with two attached hydrogens (primary N) is 1. The topological polar surface area (TPSA) is 116 Å². The van der Waals surface area contributed by atoms with Crippen molar-refractivity contribution in [3.8, 4) is 34.8 Å². The Labute approximate surface area is 166 Å². The van der Waals surface area contributed by atoms with Crippen molar-refractivity contribution in [3.05, 3.63) is 65.2 Å². The van der Waals surface area contributed by atoms with Crippen LogP contribution >= 0.6 is 11.8 Å². The molecule has 0 aliphatic rings. The van der Waals surface area contributed by atoms with Gasteiger partial charge < -0.3 is 15.6 Å². The molecule has 0 saturated carbocycles. The molecule has 28 heavy (non-hydrogen) atoms. The highest BCUT2D eigenvalue weighted by molar-refractivity contribution is 7.98. The second kappa shape index (κ2) is 8.34. The van der Waals surface area contributed by atoms with Crippen LogP contribution in [0.5, 0.6) is 11.5 Å². The molecule has 3 aromatic rings. The molecule has 0 bridgehead atoms. The van der Waals surface area contributed by atoms with E-state index in [1.807, 2.05) is 30.3 Å². The van der Waals surface area contributed by atoms with E-state index in [0.717, 1.165) is 11.3 Å². The molecular weight excluding hydrogens is 372 g/mol. The van der Waals surface area contributed by atoms with Gasteiger partial charge in [0.1, 0.15) is 40.0 Å². The van der Waals surface area contributed by atoms with Crippen LogP contribution in [-0.4, -0.2) is 17.2 Å². The third kappa shape index (κ3) is 3.85. The minimum absolute atomic E-state index is 0.0673. The number of thioether (sulfide) groups is 1. The van der Waals surface area contributed by atoms with Crippen molar-refractivity contribution in [3.63, 3.8) is 0 Å². The van der Waals surface area contributed by atoms with E-state index in [1.54, 1.807) is 19.2 Å². The summed E-state index contributed by atoms with van der Waals surface area (Å²) in [7, 11) is 1.60. The zero-order valence-corrected chi connectivity index (χ0v) is 15.8. The molecule has 0 aliphatic carbocycles. The molecule has 0 amide bonds. The fraction of sp³-hybridized carbons (Fsp3) is 0.0952. The van der Waals surface area contributed by atoms with Crippen LogP contribution in [0.2, 0.25) is 0 Å². The monoisotopic (exact) mass is 388 g/mol. The molecule has 0 atom stereocenters. The molecule has 6 nitrogen and oxygen atoms in total. The van der Waals surface area contributed by atoms with Crippen LogP contribution in [0.25, 0.3) is 11.1 Å². The lowest BCUT2D eigenvalue weighted by Gasteiger charge is -2.13. The minimum Gasteiger partial charge on any atom is -0.508 e. The Hall–Kier alpha value is -3.68. The Kier molecular flexibility index (Phi) is 5.69. The number of phenols is 1. The Morgan fingerprint density at radius 2 is 1.82 bits per heavy atom. The van der Waals surface area contributed by atoms with Gasteiger partial charge in [0.15, 0.2) is 0 Å². The van der Waals surface area contributed by atoms with Gasteiger partial charge in [0.2, 0.25) is 0 Å². The van der Waals surface area contributed by atoms with Crippen LogP contribution in [-0.2, 0) is 5.75 Å². The molecule has 0 radical (unpaired) electrons. The molecule has 3 N–H and O–H groups in total. The number of benzene rings is 2. The van der Waals surface area contributed by atoms with E-state index >= 15 is 0 Å². The normalized spacial score (nSPS) is 10.1. The predicted molar refractivity (Wildman–Crippen MR) is 108 cm³/mol. The Morgan fingerprint density at radius 1 is 1.11 bits per heavy atom. The summed E-state index contributed by atoms with van der Waals surface area (Å²) in [4.78, 5) is 4.29. The summed E-state index contributed by atoms with van der Waals surface area (Å²) >= 11 is 1.36. The largest absolute Gasteiger partial charge is 0.508 e. The molecule has 7 heteroatoms. The standard InChI is InChI=1S/C21H16N4O2S/c1-27-16-4-2-3-13(9-16)12-28-21-18(11-23)19(17(10-22)20(24)25-21)14-5-7-15(26)8-6-14/h2-9,26H,12H2,1H3,(H2,24,25). The van der Waals surface area contributed by atoms with Gasteiger partial charge in [-0.05, 0) is 35.4 Å². The first-order valence-corrected chi connectivity index (χ1v) is 9.24. The van der Waals surface area contributed by atoms with E-state index < -0.39 is 0 Å². The van der Waals surface area contributed by atoms with E-state index in [-0.39, 0.29) is 22.7 Å². The summed E-state index contributed by atoms with van der Waals surface area (Å²) in [5.41, 5.74) is 8.48. The highest BCUT2D eigenvalue weighted by atomic mass is 32.2. The quantitative estimate of drug-likeness (QED) is 0.633. The van der Waals surface area contributed by atoms with Gasteiger partial charge in [-0.15, -0.1) is 11.8 Å². The molecule has 0 unspecified atom stereocenters. The van der Waals surface area contributed by atoms with Gasteiger partial charge in [-0.1, -0.05) is 24.3 Å². The molecule has 0 fully saturated rings. The number of nitrogen functional groups attached to an aromatic ring is 1. The maximum Gasteiger partial charge on any atom is 0.143 e. The van der Waals surface area contributed by atoms with Gasteiger partial charge in [0.05, 0.1) is 12.7 Å². The number of aromatic hydroxyl groups is 1. The second-order valence-corrected chi connectivity index (χ2v) is 6.80. The highest BCUT2D eigenvalue weighted by Crippen LogP contribution is 2.37. The van der Waals surface area contributed by atoms with Gasteiger partial charge in [-0.3, -0.25) is 0 Å². The number of aromatic nitrogens is 1. The van der Waals surface area contributed by atoms with Crippen LogP contribution in [0.3, 0.4) is 0 Å². The van der Waals surface area contributed by atoms with Crippen molar-refractivity contribution in [1.29, 1.82) is 10.5 Å². The van der Waals surface area contributed by atoms with Crippen molar-refractivity contribution >= 4 is 17.6 Å². The molecule has 0 spiro atoms. The Bertz CT molecular complexity index is 1100. The number of methoxy groups -OCH3 is 1. The number of pyridine rings is 1. The lowest BCUT2D eigenvalue weighted by atomic mass is 9.97. The lowest BCUT2D eigenvalue weighted by Crippen LogP contribution is -2.03. The van der Waals surface area contributed by atoms with Gasteiger partial charge in [0.25, 0.3) is 0 Å². The first-order chi connectivity index (χ1) is 13.6. The molecular formula is C21H16N4O2S. The third-order valence-corrected chi connectivity index (χ3v) is 5.13. The predicted octanol–water partition coefficient (Wildman–Crippen LogP) is 4.08. The highest BCUT2D eigenvalue weighted by Gasteiger charge is 2.20. The molecule has 1 heterocycles. The fourth-order valence-electron chi connectivity index (χ4n) is 2.73. The first kappa shape index (κ1) is 19.1. The SMILES string of the molecule is COc1cccc(CSc2nc(N)c(C#N)c(-c3ccc(O)cc3)c2C#N)c1. The zero-order valence-electron chi connectivity index (χ0n) is 15.0. The molecule has 0 aliphatic heterocycles. The average molecular weight is 388 g/mol. The summed E-state index contributed by atoms with van der Waals surface area (Å²) in [6.07, 6.45) is 0. The van der Waals surface area contributed by atoms with Crippen LogP contribution < -0.4 is 10.5 Å². The van der Waals surface area contributed by atoms with Crippen molar-refractivity contribution in [2.75, 3.05) is 12.8 Å². The van der Waals surface area contributed by atoms with Gasteiger partial charge in [-0.25, -0.2) is 4.98 Å². The van der Waals surface area contributed by atoms with Crippen LogP contribution in [0.15, 0.2) is 53.6 Å². The maximum absolute atomic E-state index is 9.78. The number of hydrogen-bond donors (Lipinski definition) is 2. The molecule has 2 aromatic carbocycles. The number of phenolic OH excluding ortho intramolecular Hbond substituents is 1.